The second kappa shape index (κ2) is 14.8. The van der Waals surface area contributed by atoms with Crippen LogP contribution in [0.25, 0.3) is 0 Å². The maximum Gasteiger partial charge on any atom is 0.408 e. The van der Waals surface area contributed by atoms with Crippen LogP contribution in [0.1, 0.15) is 50.7 Å². The number of carbonyl (C=O) groups excluding carboxylic acids is 4. The van der Waals surface area contributed by atoms with Crippen molar-refractivity contribution >= 4 is 24.2 Å². The normalized spacial score (nSPS) is 21.7. The van der Waals surface area contributed by atoms with Crippen molar-refractivity contribution in [3.05, 3.63) is 65.7 Å². The average molecular weight is 524 g/mol. The molecule has 2 aliphatic rings. The summed E-state index contributed by atoms with van der Waals surface area (Å²) in [5.74, 6) is -0.466. The first-order chi connectivity index (χ1) is 18.4. The van der Waals surface area contributed by atoms with E-state index in [4.69, 9.17) is 9.47 Å². The van der Waals surface area contributed by atoms with E-state index in [1.165, 1.54) is 0 Å². The average Bonchev–Trinajstić information content (AvgIpc) is 2.94. The van der Waals surface area contributed by atoms with Gasteiger partial charge in [-0.15, -0.1) is 0 Å². The van der Waals surface area contributed by atoms with Crippen molar-refractivity contribution in [1.82, 2.24) is 16.0 Å². The number of hydrogen-bond acceptors (Lipinski definition) is 6. The Hall–Kier alpha value is -3.88. The van der Waals surface area contributed by atoms with Crippen LogP contribution in [0.5, 0.6) is 5.75 Å². The molecule has 9 heteroatoms. The number of carbonyl (C=O) groups is 4. The fourth-order valence-electron chi connectivity index (χ4n) is 4.13. The van der Waals surface area contributed by atoms with Gasteiger partial charge in [0.05, 0.1) is 12.6 Å². The Morgan fingerprint density at radius 1 is 1.08 bits per heavy atom. The van der Waals surface area contributed by atoms with Gasteiger partial charge in [0.1, 0.15) is 30.7 Å². The Kier molecular flexibility index (Phi) is 11.1. The second-order valence-corrected chi connectivity index (χ2v) is 9.57. The van der Waals surface area contributed by atoms with Gasteiger partial charge < -0.3 is 30.2 Å². The van der Waals surface area contributed by atoms with Crippen LogP contribution in [0.15, 0.2) is 54.6 Å². The quantitative estimate of drug-likeness (QED) is 0.500. The van der Waals surface area contributed by atoms with Crippen molar-refractivity contribution in [3.8, 4) is 5.75 Å². The van der Waals surface area contributed by atoms with E-state index in [1.54, 1.807) is 0 Å². The fraction of sp³-hybridized carbons (Fsp3) is 0.448. The molecule has 0 radical (unpaired) electrons. The Labute approximate surface area is 223 Å². The van der Waals surface area contributed by atoms with Gasteiger partial charge in [-0.25, -0.2) is 4.79 Å². The number of hydrogen-bond donors (Lipinski definition) is 3. The minimum atomic E-state index is -0.998. The number of fused-ring (bicyclic) bond motifs is 14. The molecule has 0 saturated carbocycles. The molecular weight excluding hydrogens is 486 g/mol. The van der Waals surface area contributed by atoms with Crippen LogP contribution in [0.4, 0.5) is 4.79 Å². The molecule has 9 nitrogen and oxygen atoms in total. The summed E-state index contributed by atoms with van der Waals surface area (Å²) >= 11 is 0. The zero-order valence-electron chi connectivity index (χ0n) is 22.0. The molecule has 2 aliphatic heterocycles. The van der Waals surface area contributed by atoms with Crippen LogP contribution >= 0.6 is 0 Å². The molecule has 0 unspecified atom stereocenters. The molecule has 38 heavy (non-hydrogen) atoms. The minimum absolute atomic E-state index is 0.0536. The third-order valence-electron chi connectivity index (χ3n) is 6.65. The molecule has 4 rings (SSSR count). The van der Waals surface area contributed by atoms with Crippen LogP contribution in [0.3, 0.4) is 0 Å². The first kappa shape index (κ1) is 28.7. The van der Waals surface area contributed by atoms with Gasteiger partial charge in [0.15, 0.2) is 0 Å². The predicted octanol–water partition coefficient (Wildman–Crippen LogP) is 3.30. The Bertz CT molecular complexity index is 1060. The van der Waals surface area contributed by atoms with Crippen molar-refractivity contribution in [2.24, 2.45) is 5.92 Å². The van der Waals surface area contributed by atoms with Gasteiger partial charge in [0.25, 0.3) is 0 Å². The van der Waals surface area contributed by atoms with Crippen molar-refractivity contribution in [2.75, 3.05) is 6.61 Å². The van der Waals surface area contributed by atoms with Gasteiger partial charge in [-0.3, -0.25) is 9.59 Å². The molecule has 0 saturated heterocycles. The Balaban J connectivity index is 1.81. The van der Waals surface area contributed by atoms with E-state index < -0.39 is 36.0 Å². The minimum Gasteiger partial charge on any atom is -0.494 e. The van der Waals surface area contributed by atoms with Crippen molar-refractivity contribution in [2.45, 2.75) is 70.7 Å². The number of benzene rings is 2. The lowest BCUT2D eigenvalue weighted by Crippen LogP contribution is -2.57. The lowest BCUT2D eigenvalue weighted by molar-refractivity contribution is -0.132. The topological polar surface area (TPSA) is 123 Å². The number of amides is 3. The van der Waals surface area contributed by atoms with Crippen LogP contribution in [-0.2, 0) is 32.1 Å². The number of ether oxygens (including phenoxy) is 2. The number of alkyl carbamates (subject to hydrolysis) is 1. The standard InChI is InChI=1S/C29H37N3O6/c1-3-20(2)26-28(35)30-23(18-33)11-7-8-16-37-24-14-12-21(13-15-24)17-25(27(34)32-26)31-29(36)38-19-22-9-5-4-6-10-22/h4-6,9-10,12-15,18,20,23,25-26H,3,7-8,11,16-17,19H2,1-2H3,(H,30,35)(H,31,36)(H,32,34)/t20-,23-,25-,26-/m0/s1. The second-order valence-electron chi connectivity index (χ2n) is 9.57. The Morgan fingerprint density at radius 3 is 2.50 bits per heavy atom. The lowest BCUT2D eigenvalue weighted by atomic mass is 9.96. The molecule has 2 aromatic rings. The van der Waals surface area contributed by atoms with E-state index >= 15 is 0 Å². The highest BCUT2D eigenvalue weighted by Gasteiger charge is 2.31. The van der Waals surface area contributed by atoms with Crippen LogP contribution in [-0.4, -0.2) is 48.9 Å². The maximum absolute atomic E-state index is 13.5. The van der Waals surface area contributed by atoms with E-state index in [0.717, 1.165) is 17.5 Å². The third kappa shape index (κ3) is 8.90. The summed E-state index contributed by atoms with van der Waals surface area (Å²) in [6.45, 7) is 4.31. The molecule has 0 aliphatic carbocycles. The van der Waals surface area contributed by atoms with E-state index in [-0.39, 0.29) is 18.9 Å². The summed E-state index contributed by atoms with van der Waals surface area (Å²) in [7, 11) is 0. The molecule has 204 valence electrons. The van der Waals surface area contributed by atoms with E-state index in [1.807, 2.05) is 68.4 Å². The lowest BCUT2D eigenvalue weighted by Gasteiger charge is -2.27. The first-order valence-corrected chi connectivity index (χ1v) is 13.1. The zero-order valence-corrected chi connectivity index (χ0v) is 22.0. The highest BCUT2D eigenvalue weighted by atomic mass is 16.5. The summed E-state index contributed by atoms with van der Waals surface area (Å²) in [5.41, 5.74) is 1.62. The largest absolute Gasteiger partial charge is 0.494 e. The molecule has 3 amide bonds. The van der Waals surface area contributed by atoms with Gasteiger partial charge in [0.2, 0.25) is 11.8 Å². The van der Waals surface area contributed by atoms with Crippen LogP contribution in [0, 0.1) is 5.92 Å². The number of rotatable bonds is 6. The molecule has 0 spiro atoms. The smallest absolute Gasteiger partial charge is 0.408 e. The summed E-state index contributed by atoms with van der Waals surface area (Å²) < 4.78 is 11.1. The molecule has 3 N–H and O–H groups in total. The summed E-state index contributed by atoms with van der Waals surface area (Å²) in [4.78, 5) is 50.9. The van der Waals surface area contributed by atoms with E-state index in [2.05, 4.69) is 16.0 Å². The van der Waals surface area contributed by atoms with Gasteiger partial charge in [0, 0.05) is 6.42 Å². The van der Waals surface area contributed by atoms with Crippen molar-refractivity contribution in [3.63, 3.8) is 0 Å². The third-order valence-corrected chi connectivity index (χ3v) is 6.65. The highest BCUT2D eigenvalue weighted by molar-refractivity contribution is 5.92. The van der Waals surface area contributed by atoms with Gasteiger partial charge >= 0.3 is 6.09 Å². The zero-order chi connectivity index (χ0) is 27.3. The summed E-state index contributed by atoms with van der Waals surface area (Å²) in [6.07, 6.45) is 2.66. The summed E-state index contributed by atoms with van der Waals surface area (Å²) in [6, 6.07) is 14.0. The van der Waals surface area contributed by atoms with E-state index in [0.29, 0.717) is 37.9 Å². The molecule has 0 aromatic heterocycles. The van der Waals surface area contributed by atoms with Crippen molar-refractivity contribution in [1.29, 1.82) is 0 Å². The molecule has 0 fully saturated rings. The Morgan fingerprint density at radius 2 is 1.82 bits per heavy atom. The SMILES string of the molecule is CC[C@H](C)[C@@H]1NC(=O)[C@@H](NC(=O)OCc2ccccc2)Cc2ccc(cc2)OCCCC[C@@H](C=O)NC1=O. The predicted molar refractivity (Wildman–Crippen MR) is 142 cm³/mol. The molecule has 2 heterocycles. The highest BCUT2D eigenvalue weighted by Crippen LogP contribution is 2.16. The molecule has 2 bridgehead atoms. The van der Waals surface area contributed by atoms with Crippen LogP contribution in [0.2, 0.25) is 0 Å². The molecule has 4 atom stereocenters. The monoisotopic (exact) mass is 523 g/mol. The number of nitrogens with one attached hydrogen (secondary N) is 3. The van der Waals surface area contributed by atoms with E-state index in [9.17, 15) is 19.2 Å². The molecular formula is C29H37N3O6. The fourth-order valence-corrected chi connectivity index (χ4v) is 4.13. The first-order valence-electron chi connectivity index (χ1n) is 13.1. The van der Waals surface area contributed by atoms with Gasteiger partial charge in [-0.1, -0.05) is 62.7 Å². The van der Waals surface area contributed by atoms with Crippen molar-refractivity contribution < 1.29 is 28.7 Å². The van der Waals surface area contributed by atoms with Gasteiger partial charge in [-0.2, -0.15) is 0 Å². The maximum atomic E-state index is 13.5. The summed E-state index contributed by atoms with van der Waals surface area (Å²) in [5, 5.41) is 8.23. The van der Waals surface area contributed by atoms with Crippen LogP contribution < -0.4 is 20.7 Å². The number of aldehydes is 1. The van der Waals surface area contributed by atoms with Gasteiger partial charge in [-0.05, 0) is 48.4 Å². The molecule has 2 aromatic carbocycles.